The molecular weight excluding hydrogens is 439 g/mol. The Labute approximate surface area is 186 Å². The Morgan fingerprint density at radius 1 is 0.969 bits per heavy atom. The maximum Gasteiger partial charge on any atom is 0.273 e. The first-order valence-corrected chi connectivity index (χ1v) is 10.5. The van der Waals surface area contributed by atoms with Gasteiger partial charge < -0.3 is 9.80 Å². The number of rotatable bonds is 4. The maximum atomic E-state index is 13.2. The molecule has 1 saturated heterocycles. The van der Waals surface area contributed by atoms with Crippen molar-refractivity contribution in [3.8, 4) is 0 Å². The highest BCUT2D eigenvalue weighted by atomic mass is 35.5. The standard InChI is InChI=1S/C22H20ClFN4O4/c23-18-13-14(24)5-6-17(18)21(31)27-11-9-26(10-12-27)19(29)7-8-28-22(32)16-4-2-1-3-15(16)20(30)25-28/h1-6,13H,7-12H2,(H,25,30). The molecule has 10 heteroatoms. The second-order valence-electron chi connectivity index (χ2n) is 7.49. The number of fused-ring (bicyclic) bond motifs is 1. The van der Waals surface area contributed by atoms with Crippen LogP contribution in [0.25, 0.3) is 10.8 Å². The molecule has 4 rings (SSSR count). The SMILES string of the molecule is O=C(CCn1[nH]c(=O)c2ccccc2c1=O)N1CCN(C(=O)c2ccc(F)cc2Cl)CC1. The number of aromatic nitrogens is 2. The van der Waals surface area contributed by atoms with Crippen molar-refractivity contribution in [2.75, 3.05) is 26.2 Å². The number of carbonyl (C=O) groups is 2. The van der Waals surface area contributed by atoms with E-state index in [1.165, 1.54) is 12.1 Å². The lowest BCUT2D eigenvalue weighted by atomic mass is 10.1. The van der Waals surface area contributed by atoms with Crippen LogP contribution in [-0.4, -0.2) is 57.6 Å². The summed E-state index contributed by atoms with van der Waals surface area (Å²) >= 11 is 5.98. The number of hydrogen-bond donors (Lipinski definition) is 1. The number of halogens is 2. The van der Waals surface area contributed by atoms with Gasteiger partial charge in [0.15, 0.2) is 0 Å². The minimum absolute atomic E-state index is 0.0337. The van der Waals surface area contributed by atoms with E-state index in [1.54, 1.807) is 34.1 Å². The maximum absolute atomic E-state index is 13.2. The van der Waals surface area contributed by atoms with Crippen molar-refractivity contribution in [1.29, 1.82) is 0 Å². The molecule has 1 aliphatic rings. The van der Waals surface area contributed by atoms with E-state index in [-0.39, 0.29) is 46.5 Å². The molecule has 1 aromatic heterocycles. The molecule has 2 heterocycles. The van der Waals surface area contributed by atoms with Gasteiger partial charge in [-0.25, -0.2) is 9.07 Å². The Morgan fingerprint density at radius 3 is 2.31 bits per heavy atom. The first-order valence-electron chi connectivity index (χ1n) is 10.1. The van der Waals surface area contributed by atoms with Crippen molar-refractivity contribution in [2.45, 2.75) is 13.0 Å². The van der Waals surface area contributed by atoms with E-state index < -0.39 is 5.82 Å². The Hall–Kier alpha value is -3.46. The number of aromatic amines is 1. The van der Waals surface area contributed by atoms with Crippen molar-refractivity contribution in [2.24, 2.45) is 0 Å². The van der Waals surface area contributed by atoms with E-state index in [0.717, 1.165) is 10.7 Å². The van der Waals surface area contributed by atoms with Crippen LogP contribution in [0.1, 0.15) is 16.8 Å². The molecule has 1 fully saturated rings. The van der Waals surface area contributed by atoms with Crippen LogP contribution >= 0.6 is 11.6 Å². The summed E-state index contributed by atoms with van der Waals surface area (Å²) < 4.78 is 14.4. The van der Waals surface area contributed by atoms with E-state index in [2.05, 4.69) is 5.10 Å². The van der Waals surface area contributed by atoms with Crippen molar-refractivity contribution >= 4 is 34.2 Å². The largest absolute Gasteiger partial charge is 0.339 e. The van der Waals surface area contributed by atoms with Gasteiger partial charge in [0.05, 0.1) is 27.9 Å². The molecule has 0 saturated carbocycles. The van der Waals surface area contributed by atoms with Crippen molar-refractivity contribution < 1.29 is 14.0 Å². The van der Waals surface area contributed by atoms with E-state index in [0.29, 0.717) is 37.0 Å². The molecule has 1 N–H and O–H groups in total. The number of H-pyrrole nitrogens is 1. The summed E-state index contributed by atoms with van der Waals surface area (Å²) in [6, 6.07) is 10.1. The highest BCUT2D eigenvalue weighted by molar-refractivity contribution is 6.33. The van der Waals surface area contributed by atoms with Crippen molar-refractivity contribution in [3.05, 3.63) is 79.6 Å². The van der Waals surface area contributed by atoms with Crippen LogP contribution in [0.15, 0.2) is 52.1 Å². The van der Waals surface area contributed by atoms with E-state index in [1.807, 2.05) is 0 Å². The highest BCUT2D eigenvalue weighted by Gasteiger charge is 2.26. The first kappa shape index (κ1) is 21.8. The third-order valence-electron chi connectivity index (χ3n) is 5.51. The van der Waals surface area contributed by atoms with Gasteiger partial charge in [-0.3, -0.25) is 24.3 Å². The quantitative estimate of drug-likeness (QED) is 0.645. The fraction of sp³-hybridized carbons (Fsp3) is 0.273. The molecule has 32 heavy (non-hydrogen) atoms. The van der Waals surface area contributed by atoms with Gasteiger partial charge in [-0.05, 0) is 30.3 Å². The molecule has 0 radical (unpaired) electrons. The molecule has 0 unspecified atom stereocenters. The average Bonchev–Trinajstić information content (AvgIpc) is 2.80. The molecule has 3 aromatic rings. The number of carbonyl (C=O) groups excluding carboxylic acids is 2. The Bertz CT molecular complexity index is 1310. The molecule has 0 bridgehead atoms. The molecule has 2 amide bonds. The van der Waals surface area contributed by atoms with Gasteiger partial charge in [0, 0.05) is 32.6 Å². The van der Waals surface area contributed by atoms with Crippen LogP contribution in [-0.2, 0) is 11.3 Å². The molecule has 0 spiro atoms. The van der Waals surface area contributed by atoms with E-state index in [4.69, 9.17) is 11.6 Å². The Balaban J connectivity index is 1.37. The summed E-state index contributed by atoms with van der Waals surface area (Å²) in [6.45, 7) is 1.32. The minimum Gasteiger partial charge on any atom is -0.339 e. The van der Waals surface area contributed by atoms with Gasteiger partial charge in [-0.15, -0.1) is 0 Å². The average molecular weight is 459 g/mol. The van der Waals surface area contributed by atoms with Crippen LogP contribution in [0.5, 0.6) is 0 Å². The van der Waals surface area contributed by atoms with Gasteiger partial charge >= 0.3 is 0 Å². The normalized spacial score (nSPS) is 14.1. The number of nitrogens with zero attached hydrogens (tertiary/aromatic N) is 3. The zero-order valence-electron chi connectivity index (χ0n) is 17.0. The molecule has 1 aliphatic heterocycles. The third-order valence-corrected chi connectivity index (χ3v) is 5.83. The van der Waals surface area contributed by atoms with Crippen LogP contribution in [0.2, 0.25) is 5.02 Å². The lowest BCUT2D eigenvalue weighted by molar-refractivity contribution is -0.133. The Kier molecular flexibility index (Phi) is 6.09. The zero-order valence-corrected chi connectivity index (χ0v) is 17.8. The highest BCUT2D eigenvalue weighted by Crippen LogP contribution is 2.20. The molecule has 0 aliphatic carbocycles. The predicted molar refractivity (Wildman–Crippen MR) is 117 cm³/mol. The van der Waals surface area contributed by atoms with Crippen molar-refractivity contribution in [3.63, 3.8) is 0 Å². The second kappa shape index (κ2) is 8.96. The lowest BCUT2D eigenvalue weighted by Gasteiger charge is -2.35. The number of hydrogen-bond acceptors (Lipinski definition) is 4. The topological polar surface area (TPSA) is 95.5 Å². The molecule has 166 valence electrons. The first-order chi connectivity index (χ1) is 15.3. The number of piperazine rings is 1. The summed E-state index contributed by atoms with van der Waals surface area (Å²) in [4.78, 5) is 53.2. The second-order valence-corrected chi connectivity index (χ2v) is 7.90. The predicted octanol–water partition coefficient (Wildman–Crippen LogP) is 1.86. The van der Waals surface area contributed by atoms with Crippen LogP contribution < -0.4 is 11.1 Å². The summed E-state index contributed by atoms with van der Waals surface area (Å²) in [5, 5.41) is 3.17. The fourth-order valence-electron chi connectivity index (χ4n) is 3.76. The zero-order chi connectivity index (χ0) is 22.8. The van der Waals surface area contributed by atoms with Crippen LogP contribution in [0.3, 0.4) is 0 Å². The van der Waals surface area contributed by atoms with Crippen molar-refractivity contribution in [1.82, 2.24) is 19.6 Å². The van der Waals surface area contributed by atoms with Crippen LogP contribution in [0, 0.1) is 5.82 Å². The van der Waals surface area contributed by atoms with Crippen LogP contribution in [0.4, 0.5) is 4.39 Å². The fourth-order valence-corrected chi connectivity index (χ4v) is 4.01. The number of aryl methyl sites for hydroxylation is 1. The summed E-state index contributed by atoms with van der Waals surface area (Å²) in [7, 11) is 0. The van der Waals surface area contributed by atoms with Gasteiger partial charge in [0.2, 0.25) is 5.91 Å². The minimum atomic E-state index is -0.520. The van der Waals surface area contributed by atoms with E-state index in [9.17, 15) is 23.6 Å². The Morgan fingerprint density at radius 2 is 1.62 bits per heavy atom. The summed E-state index contributed by atoms with van der Waals surface area (Å²) in [5.74, 6) is -1.02. The van der Waals surface area contributed by atoms with E-state index >= 15 is 0 Å². The third kappa shape index (κ3) is 4.29. The number of benzene rings is 2. The monoisotopic (exact) mass is 458 g/mol. The van der Waals surface area contributed by atoms with Gasteiger partial charge in [0.1, 0.15) is 5.82 Å². The summed E-state index contributed by atoms with van der Waals surface area (Å²) in [5.41, 5.74) is -0.536. The number of amides is 2. The molecular formula is C22H20ClFN4O4. The van der Waals surface area contributed by atoms with Gasteiger partial charge in [0.25, 0.3) is 17.0 Å². The lowest BCUT2D eigenvalue weighted by Crippen LogP contribution is -2.50. The van der Waals surface area contributed by atoms with Gasteiger partial charge in [-0.1, -0.05) is 23.7 Å². The smallest absolute Gasteiger partial charge is 0.273 e. The summed E-state index contributed by atoms with van der Waals surface area (Å²) in [6.07, 6.45) is 0.0337. The number of nitrogens with one attached hydrogen (secondary N) is 1. The molecule has 0 atom stereocenters. The molecule has 2 aromatic carbocycles. The van der Waals surface area contributed by atoms with Gasteiger partial charge in [-0.2, -0.15) is 0 Å². The molecule has 8 nitrogen and oxygen atoms in total.